The zero-order chi connectivity index (χ0) is 67.3. The van der Waals surface area contributed by atoms with E-state index in [1.54, 1.807) is 47.2 Å². The number of phenolic OH excluding ortho intramolecular Hbond substituents is 2. The van der Waals surface area contributed by atoms with E-state index >= 15 is 0 Å². The molecule has 0 radical (unpaired) electrons. The first kappa shape index (κ1) is 67.5. The summed E-state index contributed by atoms with van der Waals surface area (Å²) in [6.07, 6.45) is 3.43. The van der Waals surface area contributed by atoms with Crippen molar-refractivity contribution in [2.75, 3.05) is 0 Å². The predicted molar refractivity (Wildman–Crippen MR) is 411 cm³/mol. The normalized spacial score (nSPS) is 12.2. The van der Waals surface area contributed by atoms with E-state index in [0.29, 0.717) is 11.1 Å². The molecule has 0 spiro atoms. The van der Waals surface area contributed by atoms with Crippen LogP contribution in [0.4, 0.5) is 11.4 Å². The van der Waals surface area contributed by atoms with Crippen molar-refractivity contribution in [1.82, 2.24) is 9.97 Å². The zero-order valence-electron chi connectivity index (χ0n) is 57.0. The average Bonchev–Trinajstić information content (AvgIpc) is 1.62. The molecule has 0 amide bonds. The Morgan fingerprint density at radius 2 is 0.732 bits per heavy atom. The number of benzene rings is 12. The minimum atomic E-state index is 0. The van der Waals surface area contributed by atoms with Crippen LogP contribution in [0.25, 0.3) is 108 Å². The van der Waals surface area contributed by atoms with Gasteiger partial charge >= 0.3 is 0 Å². The fourth-order valence-electron chi connectivity index (χ4n) is 12.2. The molecule has 0 aliphatic carbocycles. The summed E-state index contributed by atoms with van der Waals surface area (Å²) in [5, 5.41) is 27.2. The van der Waals surface area contributed by atoms with Crippen molar-refractivity contribution in [2.24, 2.45) is 9.98 Å². The van der Waals surface area contributed by atoms with Crippen LogP contribution in [-0.2, 0) is 42.7 Å². The molecule has 2 aromatic heterocycles. The van der Waals surface area contributed by atoms with E-state index in [1.807, 2.05) is 78.9 Å². The molecule has 0 aliphatic rings. The monoisotopic (exact) mass is 1480 g/mol. The van der Waals surface area contributed by atoms with Gasteiger partial charge < -0.3 is 10.2 Å². The third-order valence-corrected chi connectivity index (χ3v) is 20.0. The van der Waals surface area contributed by atoms with Gasteiger partial charge in [0.2, 0.25) is 0 Å². The molecule has 14 aromatic rings. The SMILES string of the molecule is CC(C)(C)c1cc(-c2cc(-c3[c-]ccc4ccccc34)c3nc(-c4ccccc4N=Cc4ccccc4O)sc3c2)cc(C(C)(C)C)c1.CC(C)(C)c1cc(-c2cc(-c3cccc4ccccc34)c3nc(-c4ccccc4N=Cc4ccccc4O)sc3c2)cc(C(C)(C)C)c1.[Pt]. The number of rotatable bonds is 10. The Morgan fingerprint density at radius 1 is 0.361 bits per heavy atom. The van der Waals surface area contributed by atoms with Crippen LogP contribution in [-0.4, -0.2) is 32.6 Å². The molecule has 0 bridgehead atoms. The maximum atomic E-state index is 10.3. The summed E-state index contributed by atoms with van der Waals surface area (Å²) in [7, 11) is 0. The minimum absolute atomic E-state index is 0. The van der Waals surface area contributed by atoms with E-state index in [-0.39, 0.29) is 54.2 Å². The van der Waals surface area contributed by atoms with Crippen LogP contribution in [0.1, 0.15) is 116 Å². The molecule has 6 nitrogen and oxygen atoms in total. The van der Waals surface area contributed by atoms with Crippen molar-refractivity contribution < 1.29 is 31.3 Å². The Hall–Kier alpha value is -9.43. The topological polar surface area (TPSA) is 91.0 Å². The maximum absolute atomic E-state index is 10.3. The Morgan fingerprint density at radius 3 is 1.21 bits per heavy atom. The number of hydrogen-bond donors (Lipinski definition) is 2. The summed E-state index contributed by atoms with van der Waals surface area (Å²) in [6, 6.07) is 85.5. The number of aromatic nitrogens is 2. The van der Waals surface area contributed by atoms with Gasteiger partial charge in [-0.1, -0.05) is 246 Å². The molecular weight excluding hydrogens is 1400 g/mol. The summed E-state index contributed by atoms with van der Waals surface area (Å²) >= 11 is 3.38. The first-order valence-corrected chi connectivity index (χ1v) is 34.5. The van der Waals surface area contributed by atoms with Gasteiger partial charge in [-0.2, -0.15) is 0 Å². The second kappa shape index (κ2) is 27.2. The van der Waals surface area contributed by atoms with Gasteiger partial charge in [-0.05, 0) is 149 Å². The van der Waals surface area contributed by atoms with Crippen molar-refractivity contribution in [3.05, 3.63) is 276 Å². The first-order chi connectivity index (χ1) is 45.9. The van der Waals surface area contributed by atoms with E-state index in [0.717, 1.165) is 80.6 Å². The van der Waals surface area contributed by atoms with Crippen molar-refractivity contribution in [1.29, 1.82) is 0 Å². The summed E-state index contributed by atoms with van der Waals surface area (Å²) in [4.78, 5) is 20.3. The number of aliphatic imine (C=N–C) groups is 2. The molecule has 0 aliphatic heterocycles. The Balaban J connectivity index is 0.000000183. The van der Waals surface area contributed by atoms with E-state index in [1.165, 1.54) is 60.7 Å². The van der Waals surface area contributed by atoms with Crippen molar-refractivity contribution in [3.8, 4) is 77.1 Å². The third kappa shape index (κ3) is 14.5. The number of phenols is 2. The van der Waals surface area contributed by atoms with Crippen LogP contribution in [0, 0.1) is 6.07 Å². The van der Waals surface area contributed by atoms with Gasteiger partial charge in [0.05, 0.1) is 21.6 Å². The Kier molecular flexibility index (Phi) is 19.0. The number of hydrogen-bond acceptors (Lipinski definition) is 8. The number of thiazole rings is 2. The average molecular weight is 1480 g/mol. The standard InChI is InChI=1S/C44H40N2OS.C44H39N2OS.Pt/c2*1-43(2,3)32-22-30(23-33(26-32)44(4,5)6)31-24-37(35-19-13-16-28-14-7-9-17-34(28)35)41-40(25-31)48-42(46-41)36-18-10-11-20-38(36)45-27-29-15-8-12-21-39(29)47;/h7-27,47H,1-6H3;7-18,20-27,47H,1-6H3;/q;-1;. The van der Waals surface area contributed by atoms with Gasteiger partial charge in [0.1, 0.15) is 21.5 Å². The van der Waals surface area contributed by atoms with Crippen LogP contribution >= 0.6 is 22.7 Å². The van der Waals surface area contributed by atoms with Gasteiger partial charge in [0.25, 0.3) is 0 Å². The molecule has 9 heteroatoms. The second-order valence-corrected chi connectivity index (χ2v) is 31.1. The molecule has 2 N–H and O–H groups in total. The predicted octanol–water partition coefficient (Wildman–Crippen LogP) is 24.8. The number of aromatic hydroxyl groups is 2. The first-order valence-electron chi connectivity index (χ1n) is 32.8. The fourth-order valence-corrected chi connectivity index (χ4v) is 14.3. The minimum Gasteiger partial charge on any atom is -0.507 e. The number of fused-ring (bicyclic) bond motifs is 4. The molecule has 97 heavy (non-hydrogen) atoms. The second-order valence-electron chi connectivity index (χ2n) is 29.0. The van der Waals surface area contributed by atoms with Crippen molar-refractivity contribution in [3.63, 3.8) is 0 Å². The summed E-state index contributed by atoms with van der Waals surface area (Å²) in [5.41, 5.74) is 21.3. The Bertz CT molecular complexity index is 4930. The van der Waals surface area contributed by atoms with Gasteiger partial charge in [-0.15, -0.1) is 57.2 Å². The van der Waals surface area contributed by atoms with E-state index in [9.17, 15) is 10.2 Å². The molecule has 12 aromatic carbocycles. The van der Waals surface area contributed by atoms with Gasteiger partial charge in [-0.25, -0.2) is 9.97 Å². The maximum Gasteiger partial charge on any atom is 0.126 e. The van der Waals surface area contributed by atoms with Gasteiger partial charge in [0, 0.05) is 71.5 Å². The largest absolute Gasteiger partial charge is 0.507 e. The van der Waals surface area contributed by atoms with E-state index in [4.69, 9.17) is 20.0 Å². The quantitative estimate of drug-likeness (QED) is 0.105. The third-order valence-electron chi connectivity index (χ3n) is 17.9. The Labute approximate surface area is 593 Å². The molecule has 0 fully saturated rings. The van der Waals surface area contributed by atoms with E-state index in [2.05, 4.69) is 235 Å². The van der Waals surface area contributed by atoms with Crippen LogP contribution in [0.5, 0.6) is 11.5 Å². The molecule has 0 unspecified atom stereocenters. The van der Waals surface area contributed by atoms with E-state index < -0.39 is 0 Å². The van der Waals surface area contributed by atoms with Gasteiger partial charge in [-0.3, -0.25) is 9.98 Å². The molecular formula is C88H79N4O2PtS2-. The van der Waals surface area contributed by atoms with Crippen molar-refractivity contribution >= 4 is 88.5 Å². The van der Waals surface area contributed by atoms with Crippen LogP contribution in [0.15, 0.2) is 247 Å². The molecule has 2 heterocycles. The van der Waals surface area contributed by atoms with Crippen LogP contribution < -0.4 is 0 Å². The van der Waals surface area contributed by atoms with Crippen LogP contribution in [0.2, 0.25) is 0 Å². The number of nitrogens with zero attached hydrogens (tertiary/aromatic N) is 4. The smallest absolute Gasteiger partial charge is 0.126 e. The fraction of sp³-hybridized carbons (Fsp3) is 0.182. The molecule has 0 atom stereocenters. The molecule has 486 valence electrons. The number of para-hydroxylation sites is 4. The molecule has 0 saturated heterocycles. The summed E-state index contributed by atoms with van der Waals surface area (Å²) in [6.45, 7) is 27.4. The molecule has 0 saturated carbocycles. The summed E-state index contributed by atoms with van der Waals surface area (Å²) < 4.78 is 2.24. The van der Waals surface area contributed by atoms with Gasteiger partial charge in [0.15, 0.2) is 0 Å². The summed E-state index contributed by atoms with van der Waals surface area (Å²) in [5.74, 6) is 0.406. The van der Waals surface area contributed by atoms with Crippen molar-refractivity contribution in [2.45, 2.75) is 105 Å². The molecule has 14 rings (SSSR count). The van der Waals surface area contributed by atoms with Crippen LogP contribution in [0.3, 0.4) is 0 Å². The zero-order valence-corrected chi connectivity index (χ0v) is 60.9.